The molecule has 1 atom stereocenters. The van der Waals surface area contributed by atoms with E-state index in [2.05, 4.69) is 29.3 Å². The van der Waals surface area contributed by atoms with Crippen molar-refractivity contribution in [1.29, 1.82) is 0 Å². The Labute approximate surface area is 96.1 Å². The monoisotopic (exact) mass is 224 g/mol. The zero-order valence-electron chi connectivity index (χ0n) is 9.36. The lowest BCUT2D eigenvalue weighted by atomic mass is 10.2. The van der Waals surface area contributed by atoms with E-state index in [0.717, 1.165) is 19.0 Å². The minimum absolute atomic E-state index is 0.198. The number of thiophene rings is 1. The van der Waals surface area contributed by atoms with E-state index < -0.39 is 0 Å². The van der Waals surface area contributed by atoms with Crippen molar-refractivity contribution in [3.05, 3.63) is 22.4 Å². The van der Waals surface area contributed by atoms with Gasteiger partial charge in [0.05, 0.1) is 6.04 Å². The van der Waals surface area contributed by atoms with Crippen molar-refractivity contribution < 1.29 is 0 Å². The van der Waals surface area contributed by atoms with E-state index in [9.17, 15) is 0 Å². The molecule has 1 fully saturated rings. The second-order valence-corrected chi connectivity index (χ2v) is 5.40. The van der Waals surface area contributed by atoms with E-state index in [1.54, 1.807) is 11.3 Å². The summed E-state index contributed by atoms with van der Waals surface area (Å²) in [5.74, 6) is 0.959. The maximum Gasteiger partial charge on any atom is 0.0519 e. The van der Waals surface area contributed by atoms with Crippen LogP contribution in [0.15, 0.2) is 17.5 Å². The number of likely N-dealkylation sites (N-methyl/N-ethyl adjacent to an activating group) is 1. The highest BCUT2D eigenvalue weighted by Crippen LogP contribution is 2.30. The summed E-state index contributed by atoms with van der Waals surface area (Å²) in [6, 6.07) is 4.42. The highest BCUT2D eigenvalue weighted by atomic mass is 32.1. The first-order valence-corrected chi connectivity index (χ1v) is 6.69. The maximum absolute atomic E-state index is 6.18. The van der Waals surface area contributed by atoms with Crippen molar-refractivity contribution >= 4 is 11.3 Å². The Hall–Kier alpha value is -0.380. The van der Waals surface area contributed by atoms with E-state index in [4.69, 9.17) is 5.73 Å². The highest BCUT2D eigenvalue weighted by Gasteiger charge is 2.24. The van der Waals surface area contributed by atoms with Crippen LogP contribution in [-0.2, 0) is 0 Å². The molecule has 0 spiro atoms. The average Bonchev–Trinajstić information content (AvgIpc) is 2.88. The summed E-state index contributed by atoms with van der Waals surface area (Å²) in [5.41, 5.74) is 6.18. The molecule has 1 heterocycles. The van der Waals surface area contributed by atoms with E-state index in [0.29, 0.717) is 0 Å². The lowest BCUT2D eigenvalue weighted by Crippen LogP contribution is -2.33. The summed E-state index contributed by atoms with van der Waals surface area (Å²) in [6.45, 7) is 5.60. The highest BCUT2D eigenvalue weighted by molar-refractivity contribution is 7.10. The second-order valence-electron chi connectivity index (χ2n) is 4.42. The number of rotatable bonds is 6. The predicted octanol–water partition coefficient (Wildman–Crippen LogP) is 2.48. The molecule has 0 aliphatic heterocycles. The standard InChI is InChI=1S/C12H20N2S/c1-2-14(8-10-5-6-10)9-11(13)12-4-3-7-15-12/h3-4,7,10-11H,2,5-6,8-9,13H2,1H3. The fraction of sp³-hybridized carbons (Fsp3) is 0.667. The van der Waals surface area contributed by atoms with Crippen LogP contribution in [0.25, 0.3) is 0 Å². The fourth-order valence-electron chi connectivity index (χ4n) is 1.87. The minimum atomic E-state index is 0.198. The molecular formula is C12H20N2S. The third-order valence-electron chi connectivity index (χ3n) is 3.02. The van der Waals surface area contributed by atoms with Crippen LogP contribution in [0, 0.1) is 5.92 Å². The van der Waals surface area contributed by atoms with Crippen LogP contribution in [0.5, 0.6) is 0 Å². The van der Waals surface area contributed by atoms with Crippen LogP contribution >= 0.6 is 11.3 Å². The van der Waals surface area contributed by atoms with Gasteiger partial charge in [0.15, 0.2) is 0 Å². The summed E-state index contributed by atoms with van der Waals surface area (Å²) in [6.07, 6.45) is 2.84. The molecule has 3 heteroatoms. The van der Waals surface area contributed by atoms with Gasteiger partial charge in [-0.05, 0) is 36.8 Å². The Morgan fingerprint density at radius 2 is 2.40 bits per heavy atom. The van der Waals surface area contributed by atoms with Gasteiger partial charge in [-0.2, -0.15) is 0 Å². The first kappa shape index (κ1) is 11.1. The van der Waals surface area contributed by atoms with Gasteiger partial charge >= 0.3 is 0 Å². The Morgan fingerprint density at radius 1 is 1.60 bits per heavy atom. The molecule has 0 saturated heterocycles. The third-order valence-corrected chi connectivity index (χ3v) is 4.03. The van der Waals surface area contributed by atoms with Crippen molar-refractivity contribution in [2.24, 2.45) is 11.7 Å². The van der Waals surface area contributed by atoms with Crippen molar-refractivity contribution in [3.63, 3.8) is 0 Å². The van der Waals surface area contributed by atoms with Crippen molar-refractivity contribution in [1.82, 2.24) is 4.90 Å². The van der Waals surface area contributed by atoms with Gasteiger partial charge in [0.2, 0.25) is 0 Å². The molecule has 1 unspecified atom stereocenters. The van der Waals surface area contributed by atoms with Crippen molar-refractivity contribution in [2.75, 3.05) is 19.6 Å². The first-order valence-electron chi connectivity index (χ1n) is 5.81. The van der Waals surface area contributed by atoms with Crippen LogP contribution in [0.1, 0.15) is 30.7 Å². The molecule has 2 nitrogen and oxygen atoms in total. The molecule has 1 aromatic heterocycles. The summed E-state index contributed by atoms with van der Waals surface area (Å²) in [4.78, 5) is 3.80. The molecule has 0 aromatic carbocycles. The van der Waals surface area contributed by atoms with Gasteiger partial charge < -0.3 is 10.6 Å². The molecule has 2 rings (SSSR count). The van der Waals surface area contributed by atoms with Gasteiger partial charge in [-0.1, -0.05) is 13.0 Å². The predicted molar refractivity (Wildman–Crippen MR) is 66.1 cm³/mol. The molecule has 2 N–H and O–H groups in total. The Kier molecular flexibility index (Phi) is 3.78. The second kappa shape index (κ2) is 5.10. The number of nitrogens with zero attached hydrogens (tertiary/aromatic N) is 1. The molecule has 1 aromatic rings. The van der Waals surface area contributed by atoms with E-state index >= 15 is 0 Å². The Morgan fingerprint density at radius 3 is 2.93 bits per heavy atom. The summed E-state index contributed by atoms with van der Waals surface area (Å²) in [5, 5.41) is 2.10. The van der Waals surface area contributed by atoms with Crippen LogP contribution in [-0.4, -0.2) is 24.5 Å². The molecule has 1 aliphatic carbocycles. The zero-order chi connectivity index (χ0) is 10.7. The number of nitrogens with two attached hydrogens (primary N) is 1. The van der Waals surface area contributed by atoms with Crippen LogP contribution < -0.4 is 5.73 Å². The van der Waals surface area contributed by atoms with Gasteiger partial charge in [-0.15, -0.1) is 11.3 Å². The molecule has 15 heavy (non-hydrogen) atoms. The van der Waals surface area contributed by atoms with Gasteiger partial charge in [-0.25, -0.2) is 0 Å². The summed E-state index contributed by atoms with van der Waals surface area (Å²) < 4.78 is 0. The average molecular weight is 224 g/mol. The third kappa shape index (κ3) is 3.30. The summed E-state index contributed by atoms with van der Waals surface area (Å²) >= 11 is 1.77. The smallest absolute Gasteiger partial charge is 0.0519 e. The maximum atomic E-state index is 6.18. The quantitative estimate of drug-likeness (QED) is 0.804. The van der Waals surface area contributed by atoms with E-state index in [1.807, 2.05) is 0 Å². The first-order chi connectivity index (χ1) is 7.29. The van der Waals surface area contributed by atoms with E-state index in [-0.39, 0.29) is 6.04 Å². The van der Waals surface area contributed by atoms with Gasteiger partial charge in [0, 0.05) is 18.0 Å². The van der Waals surface area contributed by atoms with Crippen LogP contribution in [0.2, 0.25) is 0 Å². The number of hydrogen-bond donors (Lipinski definition) is 1. The van der Waals surface area contributed by atoms with Gasteiger partial charge in [0.1, 0.15) is 0 Å². The summed E-state index contributed by atoms with van der Waals surface area (Å²) in [7, 11) is 0. The molecule has 0 amide bonds. The Bertz CT molecular complexity index is 280. The topological polar surface area (TPSA) is 29.3 Å². The molecule has 1 aliphatic rings. The molecule has 0 bridgehead atoms. The van der Waals surface area contributed by atoms with Crippen molar-refractivity contribution in [3.8, 4) is 0 Å². The molecular weight excluding hydrogens is 204 g/mol. The van der Waals surface area contributed by atoms with Gasteiger partial charge in [0.25, 0.3) is 0 Å². The lowest BCUT2D eigenvalue weighted by Gasteiger charge is -2.23. The molecule has 0 radical (unpaired) electrons. The van der Waals surface area contributed by atoms with Crippen LogP contribution in [0.4, 0.5) is 0 Å². The lowest BCUT2D eigenvalue weighted by molar-refractivity contribution is 0.261. The number of hydrogen-bond acceptors (Lipinski definition) is 3. The van der Waals surface area contributed by atoms with Crippen LogP contribution in [0.3, 0.4) is 0 Å². The SMILES string of the molecule is CCN(CC1CC1)CC(N)c1cccs1. The minimum Gasteiger partial charge on any atom is -0.322 e. The largest absolute Gasteiger partial charge is 0.322 e. The van der Waals surface area contributed by atoms with E-state index in [1.165, 1.54) is 24.3 Å². The fourth-order valence-corrected chi connectivity index (χ4v) is 2.59. The normalized spacial score (nSPS) is 18.3. The Balaban J connectivity index is 1.82. The molecule has 1 saturated carbocycles. The zero-order valence-corrected chi connectivity index (χ0v) is 10.2. The molecule has 84 valence electrons. The van der Waals surface area contributed by atoms with Gasteiger partial charge in [-0.3, -0.25) is 0 Å². The van der Waals surface area contributed by atoms with Crippen molar-refractivity contribution in [2.45, 2.75) is 25.8 Å².